The van der Waals surface area contributed by atoms with Crippen LogP contribution in [0.25, 0.3) is 0 Å². The van der Waals surface area contributed by atoms with Gasteiger partial charge >= 0.3 is 0 Å². The highest BCUT2D eigenvalue weighted by Gasteiger charge is 2.31. The van der Waals surface area contributed by atoms with Gasteiger partial charge < -0.3 is 4.90 Å². The number of nitrogens with zero attached hydrogens (tertiary/aromatic N) is 2. The first-order valence-corrected chi connectivity index (χ1v) is 5.29. The maximum absolute atomic E-state index is 4.36. The van der Waals surface area contributed by atoms with Gasteiger partial charge in [-0.2, -0.15) is 0 Å². The Morgan fingerprint density at radius 1 is 1.33 bits per heavy atom. The zero-order chi connectivity index (χ0) is 11.5. The van der Waals surface area contributed by atoms with Crippen LogP contribution in [0.3, 0.4) is 0 Å². The third kappa shape index (κ3) is 2.58. The fourth-order valence-corrected chi connectivity index (χ4v) is 1.82. The molecule has 15 heavy (non-hydrogen) atoms. The monoisotopic (exact) mass is 204 g/mol. The van der Waals surface area contributed by atoms with Crippen LogP contribution in [0.1, 0.15) is 27.2 Å². The van der Waals surface area contributed by atoms with Gasteiger partial charge in [0.05, 0.1) is 0 Å². The van der Waals surface area contributed by atoms with Crippen LogP contribution in [-0.4, -0.2) is 22.8 Å². The van der Waals surface area contributed by atoms with Gasteiger partial charge in [-0.15, -0.1) is 0 Å². The van der Waals surface area contributed by atoms with Crippen molar-refractivity contribution >= 4 is 5.84 Å². The molecule has 0 atom stereocenters. The minimum Gasteiger partial charge on any atom is -0.351 e. The molecule has 0 bridgehead atoms. The van der Waals surface area contributed by atoms with Crippen molar-refractivity contribution in [1.29, 1.82) is 0 Å². The Hall–Kier alpha value is -1.31. The summed E-state index contributed by atoms with van der Waals surface area (Å²) in [5, 5.41) is 0. The first-order chi connectivity index (χ1) is 7.00. The number of hydrogen-bond donors (Lipinski definition) is 0. The Kier molecular flexibility index (Phi) is 3.51. The molecule has 0 aromatic heterocycles. The Labute approximate surface area is 92.7 Å². The Morgan fingerprint density at radius 2 is 2.00 bits per heavy atom. The normalized spacial score (nSPS) is 22.5. The van der Waals surface area contributed by atoms with Crippen molar-refractivity contribution in [2.75, 3.05) is 6.54 Å². The van der Waals surface area contributed by atoms with Gasteiger partial charge in [0.15, 0.2) is 0 Å². The topological polar surface area (TPSA) is 15.6 Å². The summed E-state index contributed by atoms with van der Waals surface area (Å²) in [6.07, 6.45) is 6.50. The molecule has 0 radical (unpaired) electrons. The van der Waals surface area contributed by atoms with E-state index in [0.717, 1.165) is 18.8 Å². The maximum atomic E-state index is 4.36. The van der Waals surface area contributed by atoms with Gasteiger partial charge in [-0.25, -0.2) is 4.99 Å². The molecule has 1 rings (SSSR count). The van der Waals surface area contributed by atoms with E-state index in [1.54, 1.807) is 6.20 Å². The highest BCUT2D eigenvalue weighted by molar-refractivity contribution is 6.01. The largest absolute Gasteiger partial charge is 0.351 e. The molecular formula is C13H20N2. The van der Waals surface area contributed by atoms with Gasteiger partial charge in [0, 0.05) is 18.3 Å². The van der Waals surface area contributed by atoms with Gasteiger partial charge in [-0.1, -0.05) is 25.3 Å². The van der Waals surface area contributed by atoms with Gasteiger partial charge in [-0.3, -0.25) is 0 Å². The standard InChI is InChI=1S/C13H20N2/c1-6-8-11-9-10-15(13(3,4)5)12(11)14-7-2/h6-8H,1-2,9-10H2,3-5H3/b11-8-,14-12+. The fourth-order valence-electron chi connectivity index (χ4n) is 1.82. The van der Waals surface area contributed by atoms with E-state index in [2.05, 4.69) is 43.8 Å². The lowest BCUT2D eigenvalue weighted by Gasteiger charge is -2.33. The van der Waals surface area contributed by atoms with Crippen LogP contribution in [0, 0.1) is 0 Å². The van der Waals surface area contributed by atoms with E-state index in [-0.39, 0.29) is 5.54 Å². The highest BCUT2D eigenvalue weighted by Crippen LogP contribution is 2.26. The number of allylic oxidation sites excluding steroid dienone is 2. The third-order valence-corrected chi connectivity index (χ3v) is 2.49. The lowest BCUT2D eigenvalue weighted by Crippen LogP contribution is -2.42. The molecule has 0 spiro atoms. The van der Waals surface area contributed by atoms with Gasteiger partial charge in [0.1, 0.15) is 5.84 Å². The zero-order valence-electron chi connectivity index (χ0n) is 9.95. The molecule has 0 saturated carbocycles. The third-order valence-electron chi connectivity index (χ3n) is 2.49. The smallest absolute Gasteiger partial charge is 0.132 e. The number of likely N-dealkylation sites (tertiary alicyclic amines) is 1. The van der Waals surface area contributed by atoms with E-state index in [0.29, 0.717) is 0 Å². The predicted octanol–water partition coefficient (Wildman–Crippen LogP) is 3.15. The number of hydrogen-bond acceptors (Lipinski definition) is 1. The maximum Gasteiger partial charge on any atom is 0.132 e. The average molecular weight is 204 g/mol. The first kappa shape index (κ1) is 11.8. The molecule has 1 aliphatic heterocycles. The Morgan fingerprint density at radius 3 is 2.47 bits per heavy atom. The number of rotatable bonds is 2. The van der Waals surface area contributed by atoms with E-state index < -0.39 is 0 Å². The summed E-state index contributed by atoms with van der Waals surface area (Å²) >= 11 is 0. The second-order valence-electron chi connectivity index (χ2n) is 4.64. The van der Waals surface area contributed by atoms with Crippen LogP contribution < -0.4 is 0 Å². The van der Waals surface area contributed by atoms with Crippen molar-refractivity contribution in [1.82, 2.24) is 4.90 Å². The Bertz CT molecular complexity index is 316. The van der Waals surface area contributed by atoms with Crippen molar-refractivity contribution in [3.8, 4) is 0 Å². The summed E-state index contributed by atoms with van der Waals surface area (Å²) in [6, 6.07) is 0. The Balaban J connectivity index is 3.05. The second-order valence-corrected chi connectivity index (χ2v) is 4.64. The minimum atomic E-state index is 0.110. The van der Waals surface area contributed by atoms with E-state index in [1.807, 2.05) is 12.2 Å². The molecule has 2 heteroatoms. The molecule has 1 saturated heterocycles. The van der Waals surface area contributed by atoms with E-state index >= 15 is 0 Å². The summed E-state index contributed by atoms with van der Waals surface area (Å²) in [4.78, 5) is 6.67. The molecule has 0 aliphatic carbocycles. The lowest BCUT2D eigenvalue weighted by atomic mass is 10.1. The average Bonchev–Trinajstić information content (AvgIpc) is 2.49. The minimum absolute atomic E-state index is 0.110. The molecule has 0 aromatic carbocycles. The summed E-state index contributed by atoms with van der Waals surface area (Å²) in [5.41, 5.74) is 1.36. The number of amidine groups is 1. The zero-order valence-corrected chi connectivity index (χ0v) is 9.95. The summed E-state index contributed by atoms with van der Waals surface area (Å²) in [6.45, 7) is 15.0. The lowest BCUT2D eigenvalue weighted by molar-refractivity contribution is 0.256. The molecule has 0 N–H and O–H groups in total. The van der Waals surface area contributed by atoms with Crippen LogP contribution in [0.4, 0.5) is 0 Å². The SMILES string of the molecule is C=C/C=C1/CCN(C(C)(C)C)/C1=N/C=C. The molecule has 0 unspecified atom stereocenters. The summed E-state index contributed by atoms with van der Waals surface area (Å²) in [7, 11) is 0. The molecule has 0 amide bonds. The van der Waals surface area contributed by atoms with Crippen molar-refractivity contribution in [3.05, 3.63) is 37.1 Å². The summed E-state index contributed by atoms with van der Waals surface area (Å²) in [5.74, 6) is 1.04. The van der Waals surface area contributed by atoms with Gasteiger partial charge in [0.25, 0.3) is 0 Å². The van der Waals surface area contributed by atoms with Crippen LogP contribution >= 0.6 is 0 Å². The molecule has 0 aromatic rings. The number of aliphatic imine (C=N–C) groups is 1. The molecule has 82 valence electrons. The molecule has 1 aliphatic rings. The van der Waals surface area contributed by atoms with E-state index in [9.17, 15) is 0 Å². The van der Waals surface area contributed by atoms with Crippen LogP contribution in [-0.2, 0) is 0 Å². The predicted molar refractivity (Wildman–Crippen MR) is 67.0 cm³/mol. The van der Waals surface area contributed by atoms with E-state index in [1.165, 1.54) is 5.57 Å². The van der Waals surface area contributed by atoms with Crippen LogP contribution in [0.5, 0.6) is 0 Å². The van der Waals surface area contributed by atoms with Crippen LogP contribution in [0.15, 0.2) is 42.1 Å². The van der Waals surface area contributed by atoms with E-state index in [4.69, 9.17) is 0 Å². The molecule has 1 heterocycles. The highest BCUT2D eigenvalue weighted by atomic mass is 15.3. The second kappa shape index (κ2) is 4.47. The molecule has 2 nitrogen and oxygen atoms in total. The van der Waals surface area contributed by atoms with Crippen molar-refractivity contribution < 1.29 is 0 Å². The van der Waals surface area contributed by atoms with Gasteiger partial charge in [-0.05, 0) is 32.8 Å². The van der Waals surface area contributed by atoms with Gasteiger partial charge in [0.2, 0.25) is 0 Å². The fraction of sp³-hybridized carbons (Fsp3) is 0.462. The first-order valence-electron chi connectivity index (χ1n) is 5.29. The van der Waals surface area contributed by atoms with Crippen LogP contribution in [0.2, 0.25) is 0 Å². The molecular weight excluding hydrogens is 184 g/mol. The molecule has 1 fully saturated rings. The quantitative estimate of drug-likeness (QED) is 0.674. The summed E-state index contributed by atoms with van der Waals surface area (Å²) < 4.78 is 0. The van der Waals surface area contributed by atoms with Crippen molar-refractivity contribution in [2.24, 2.45) is 4.99 Å². The van der Waals surface area contributed by atoms with Crippen molar-refractivity contribution in [3.63, 3.8) is 0 Å². The van der Waals surface area contributed by atoms with Crippen molar-refractivity contribution in [2.45, 2.75) is 32.7 Å².